The molecule has 1 aliphatic heterocycles. The molecule has 52 valence electrons. The summed E-state index contributed by atoms with van der Waals surface area (Å²) in [6.45, 7) is 1.87. The van der Waals surface area contributed by atoms with Crippen molar-refractivity contribution in [1.82, 2.24) is 9.29 Å². The summed E-state index contributed by atoms with van der Waals surface area (Å²) in [6, 6.07) is 2.05. The van der Waals surface area contributed by atoms with Gasteiger partial charge in [0.15, 0.2) is 0 Å². The van der Waals surface area contributed by atoms with Crippen LogP contribution in [0.25, 0.3) is 0 Å². The van der Waals surface area contributed by atoms with Gasteiger partial charge in [0.25, 0.3) is 0 Å². The van der Waals surface area contributed by atoms with Gasteiger partial charge < -0.3 is 0 Å². The molecule has 0 atom stereocenters. The van der Waals surface area contributed by atoms with Crippen LogP contribution in [0, 0.1) is 0 Å². The molecule has 2 heterocycles. The molecule has 2 rings (SSSR count). The summed E-state index contributed by atoms with van der Waals surface area (Å²) in [7, 11) is 0. The number of hydrogen-bond donors (Lipinski definition) is 1. The Kier molecular flexibility index (Phi) is 1.39. The second kappa shape index (κ2) is 2.25. The summed E-state index contributed by atoms with van der Waals surface area (Å²) in [4.78, 5) is 4.03. The maximum absolute atomic E-state index is 4.24. The molecule has 0 amide bonds. The topological polar surface area (TPSA) is 16.1 Å². The molecule has 0 unspecified atom stereocenters. The number of pyridine rings is 1. The molecule has 10 heavy (non-hydrogen) atoms. The summed E-state index contributed by atoms with van der Waals surface area (Å²) < 4.78 is 1.98. The van der Waals surface area contributed by atoms with E-state index < -0.39 is 0 Å². The van der Waals surface area contributed by atoms with Crippen molar-refractivity contribution in [2.24, 2.45) is 0 Å². The first-order valence-electron chi connectivity index (χ1n) is 3.22. The maximum atomic E-state index is 4.24. The number of rotatable bonds is 0. The average Bonchev–Trinajstić information content (AvgIpc) is 2.27. The van der Waals surface area contributed by atoms with Gasteiger partial charge in [0, 0.05) is 25.5 Å². The molecule has 3 heteroatoms. The first kappa shape index (κ1) is 6.19. The summed E-state index contributed by atoms with van der Waals surface area (Å²) in [6.07, 6.45) is 3.73. The van der Waals surface area contributed by atoms with Crippen LogP contribution >= 0.6 is 12.8 Å². The Labute approximate surface area is 65.4 Å². The van der Waals surface area contributed by atoms with Gasteiger partial charge in [-0.05, 0) is 17.2 Å². The first-order chi connectivity index (χ1) is 4.86. The van der Waals surface area contributed by atoms with Crippen molar-refractivity contribution in [3.05, 3.63) is 29.6 Å². The molecule has 0 saturated carbocycles. The van der Waals surface area contributed by atoms with E-state index in [9.17, 15) is 0 Å². The number of hydrogen-bond acceptors (Lipinski definition) is 3. The van der Waals surface area contributed by atoms with Gasteiger partial charge in [0.1, 0.15) is 0 Å². The van der Waals surface area contributed by atoms with Gasteiger partial charge in [0.05, 0.1) is 0 Å². The van der Waals surface area contributed by atoms with Gasteiger partial charge in [-0.15, -0.1) is 0 Å². The zero-order chi connectivity index (χ0) is 6.97. The van der Waals surface area contributed by atoms with E-state index in [1.54, 1.807) is 0 Å². The van der Waals surface area contributed by atoms with Crippen molar-refractivity contribution in [3.63, 3.8) is 0 Å². The quantitative estimate of drug-likeness (QED) is 0.563. The fraction of sp³-hybridized carbons (Fsp3) is 0.286. The predicted octanol–water partition coefficient (Wildman–Crippen LogP) is 1.24. The van der Waals surface area contributed by atoms with Crippen molar-refractivity contribution in [2.45, 2.75) is 13.1 Å². The lowest BCUT2D eigenvalue weighted by atomic mass is 10.2. The Hall–Kier alpha value is -0.540. The molecular weight excluding hydrogens is 144 g/mol. The lowest BCUT2D eigenvalue weighted by molar-refractivity contribution is 0.516. The van der Waals surface area contributed by atoms with Crippen LogP contribution in [0.1, 0.15) is 11.1 Å². The van der Waals surface area contributed by atoms with Gasteiger partial charge >= 0.3 is 0 Å². The highest BCUT2D eigenvalue weighted by Gasteiger charge is 2.14. The van der Waals surface area contributed by atoms with Crippen LogP contribution in [0.3, 0.4) is 0 Å². The van der Waals surface area contributed by atoms with Gasteiger partial charge in [-0.3, -0.25) is 4.98 Å². The maximum Gasteiger partial charge on any atom is 0.0360 e. The molecule has 0 spiro atoms. The fourth-order valence-electron chi connectivity index (χ4n) is 1.20. The Bertz CT molecular complexity index is 224. The van der Waals surface area contributed by atoms with Crippen molar-refractivity contribution in [3.8, 4) is 0 Å². The predicted molar refractivity (Wildman–Crippen MR) is 42.5 cm³/mol. The molecule has 0 aliphatic carbocycles. The highest BCUT2D eigenvalue weighted by Crippen LogP contribution is 2.21. The largest absolute Gasteiger partial charge is 0.264 e. The van der Waals surface area contributed by atoms with Crippen LogP contribution in [0.15, 0.2) is 18.5 Å². The molecule has 0 saturated heterocycles. The van der Waals surface area contributed by atoms with Gasteiger partial charge in [-0.1, -0.05) is 12.8 Å². The third-order valence-corrected chi connectivity index (χ3v) is 1.99. The minimum absolute atomic E-state index is 0.923. The van der Waals surface area contributed by atoms with Crippen LogP contribution < -0.4 is 0 Å². The van der Waals surface area contributed by atoms with E-state index in [1.165, 1.54) is 11.1 Å². The number of fused-ring (bicyclic) bond motifs is 1. The lowest BCUT2D eigenvalue weighted by Gasteiger charge is -2.00. The van der Waals surface area contributed by atoms with Crippen LogP contribution in [-0.2, 0) is 13.1 Å². The molecule has 0 fully saturated rings. The molecule has 0 N–H and O–H groups in total. The monoisotopic (exact) mass is 152 g/mol. The molecule has 0 radical (unpaired) electrons. The van der Waals surface area contributed by atoms with Gasteiger partial charge in [-0.25, -0.2) is 4.31 Å². The highest BCUT2D eigenvalue weighted by atomic mass is 32.1. The zero-order valence-corrected chi connectivity index (χ0v) is 6.38. The Morgan fingerprint density at radius 1 is 1.40 bits per heavy atom. The van der Waals surface area contributed by atoms with Crippen molar-refractivity contribution in [2.75, 3.05) is 0 Å². The minimum atomic E-state index is 0.923. The van der Waals surface area contributed by atoms with Crippen LogP contribution in [0.4, 0.5) is 0 Å². The number of aromatic nitrogens is 1. The average molecular weight is 152 g/mol. The van der Waals surface area contributed by atoms with E-state index in [4.69, 9.17) is 0 Å². The standard InChI is InChI=1S/C7H8N2S/c10-9-4-6-1-2-8-3-7(6)5-9/h1-3,10H,4-5H2. The van der Waals surface area contributed by atoms with E-state index in [0.717, 1.165) is 13.1 Å². The Morgan fingerprint density at radius 2 is 2.20 bits per heavy atom. The summed E-state index contributed by atoms with van der Waals surface area (Å²) in [5.41, 5.74) is 2.66. The van der Waals surface area contributed by atoms with E-state index in [0.29, 0.717) is 0 Å². The van der Waals surface area contributed by atoms with Crippen LogP contribution in [0.2, 0.25) is 0 Å². The second-order valence-corrected chi connectivity index (χ2v) is 3.03. The van der Waals surface area contributed by atoms with Crippen molar-refractivity contribution in [1.29, 1.82) is 0 Å². The molecule has 1 aromatic rings. The highest BCUT2D eigenvalue weighted by molar-refractivity contribution is 7.77. The van der Waals surface area contributed by atoms with Crippen molar-refractivity contribution < 1.29 is 0 Å². The smallest absolute Gasteiger partial charge is 0.0360 e. The normalized spacial score (nSPS) is 17.3. The Balaban J connectivity index is 2.42. The molecular formula is C7H8N2S. The third kappa shape index (κ3) is 0.914. The first-order valence-corrected chi connectivity index (χ1v) is 3.62. The fourth-order valence-corrected chi connectivity index (χ4v) is 1.51. The van der Waals surface area contributed by atoms with Crippen LogP contribution in [0.5, 0.6) is 0 Å². The number of nitrogens with zero attached hydrogens (tertiary/aromatic N) is 2. The summed E-state index contributed by atoms with van der Waals surface area (Å²) in [5, 5.41) is 0. The summed E-state index contributed by atoms with van der Waals surface area (Å²) in [5.74, 6) is 0. The van der Waals surface area contributed by atoms with E-state index in [-0.39, 0.29) is 0 Å². The third-order valence-electron chi connectivity index (χ3n) is 1.71. The molecule has 1 aromatic heterocycles. The van der Waals surface area contributed by atoms with Crippen LogP contribution in [-0.4, -0.2) is 9.29 Å². The van der Waals surface area contributed by atoms with Gasteiger partial charge in [0.2, 0.25) is 0 Å². The zero-order valence-electron chi connectivity index (χ0n) is 5.49. The lowest BCUT2D eigenvalue weighted by Crippen LogP contribution is -1.99. The van der Waals surface area contributed by atoms with E-state index in [1.807, 2.05) is 22.8 Å². The second-order valence-electron chi connectivity index (χ2n) is 2.47. The molecule has 0 bridgehead atoms. The minimum Gasteiger partial charge on any atom is -0.264 e. The number of thiol groups is 1. The van der Waals surface area contributed by atoms with E-state index in [2.05, 4.69) is 17.8 Å². The molecule has 1 aliphatic rings. The Morgan fingerprint density at radius 3 is 3.00 bits per heavy atom. The van der Waals surface area contributed by atoms with Crippen molar-refractivity contribution >= 4 is 12.8 Å². The summed E-state index contributed by atoms with van der Waals surface area (Å²) >= 11 is 4.24. The van der Waals surface area contributed by atoms with E-state index >= 15 is 0 Å². The molecule has 2 nitrogen and oxygen atoms in total. The van der Waals surface area contributed by atoms with Gasteiger partial charge in [-0.2, -0.15) is 0 Å². The molecule has 0 aromatic carbocycles. The SMILES string of the molecule is SN1Cc2ccncc2C1.